The summed E-state index contributed by atoms with van der Waals surface area (Å²) in [5.41, 5.74) is 5.52. The molecule has 0 amide bonds. The van der Waals surface area contributed by atoms with Gasteiger partial charge in [-0.25, -0.2) is 9.36 Å². The van der Waals surface area contributed by atoms with Gasteiger partial charge in [0.25, 0.3) is 5.56 Å². The Morgan fingerprint density at radius 3 is 2.17 bits per heavy atom. The number of nitrogens with zero attached hydrogens (tertiary/aromatic N) is 2. The van der Waals surface area contributed by atoms with Crippen LogP contribution in [0.5, 0.6) is 0 Å². The first-order chi connectivity index (χ1) is 14.2. The summed E-state index contributed by atoms with van der Waals surface area (Å²) < 4.78 is 3.25. The molecule has 1 aliphatic carbocycles. The quantitative estimate of drug-likeness (QED) is 0.675. The molecule has 0 bridgehead atoms. The summed E-state index contributed by atoms with van der Waals surface area (Å²) in [6.07, 6.45) is 6.55. The lowest BCUT2D eigenvalue weighted by atomic mass is 9.88. The van der Waals surface area contributed by atoms with E-state index in [2.05, 4.69) is 0 Å². The van der Waals surface area contributed by atoms with Crippen molar-refractivity contribution in [2.24, 2.45) is 0 Å². The monoisotopic (exact) mass is 384 g/mol. The zero-order chi connectivity index (χ0) is 19.8. The molecule has 4 heteroatoms. The van der Waals surface area contributed by atoms with Crippen LogP contribution in [0.4, 0.5) is 0 Å². The molecule has 0 unspecified atom stereocenters. The zero-order valence-electron chi connectivity index (χ0n) is 16.4. The maximum atomic E-state index is 13.6. The SMILES string of the molecule is O=c1c(Cc2ccccc2)c2n(c(=O)n1-c1ccccc1)C1=C(CCCC1)CC2. The van der Waals surface area contributed by atoms with Gasteiger partial charge in [0.2, 0.25) is 0 Å². The van der Waals surface area contributed by atoms with E-state index in [1.54, 1.807) is 0 Å². The first-order valence-electron chi connectivity index (χ1n) is 10.4. The summed E-state index contributed by atoms with van der Waals surface area (Å²) >= 11 is 0. The van der Waals surface area contributed by atoms with Crippen molar-refractivity contribution in [3.8, 4) is 5.69 Å². The highest BCUT2D eigenvalue weighted by Gasteiger charge is 2.28. The first kappa shape index (κ1) is 17.9. The van der Waals surface area contributed by atoms with E-state index < -0.39 is 0 Å². The molecule has 0 fully saturated rings. The number of allylic oxidation sites excluding steroid dienone is 2. The van der Waals surface area contributed by atoms with Crippen LogP contribution in [0.1, 0.15) is 48.9 Å². The van der Waals surface area contributed by atoms with Gasteiger partial charge in [-0.3, -0.25) is 9.36 Å². The number of fused-ring (bicyclic) bond motifs is 2. The molecule has 0 radical (unpaired) electrons. The number of rotatable bonds is 3. The Labute approximate surface area is 169 Å². The molecule has 2 aliphatic rings. The van der Waals surface area contributed by atoms with E-state index in [9.17, 15) is 9.59 Å². The van der Waals surface area contributed by atoms with Crippen molar-refractivity contribution >= 4 is 5.70 Å². The summed E-state index contributed by atoms with van der Waals surface area (Å²) in [5.74, 6) is 0. The third-order valence-electron chi connectivity index (χ3n) is 6.18. The van der Waals surface area contributed by atoms with Crippen LogP contribution < -0.4 is 11.2 Å². The summed E-state index contributed by atoms with van der Waals surface area (Å²) in [6, 6.07) is 19.4. The molecule has 29 heavy (non-hydrogen) atoms. The number of aromatic nitrogens is 2. The van der Waals surface area contributed by atoms with Crippen molar-refractivity contribution in [3.63, 3.8) is 0 Å². The Morgan fingerprint density at radius 1 is 0.724 bits per heavy atom. The highest BCUT2D eigenvalue weighted by molar-refractivity contribution is 5.56. The molecule has 2 heterocycles. The standard InChI is InChI=1S/C25H24N2O2/c28-24-21(17-18-9-3-1-4-10-18)23-16-15-19-11-7-8-14-22(19)27(23)25(29)26(24)20-12-5-2-6-13-20/h1-6,9-10,12-13H,7-8,11,14-17H2. The highest BCUT2D eigenvalue weighted by Crippen LogP contribution is 2.35. The van der Waals surface area contributed by atoms with E-state index in [1.807, 2.05) is 65.2 Å². The van der Waals surface area contributed by atoms with Gasteiger partial charge >= 0.3 is 5.69 Å². The maximum absolute atomic E-state index is 13.6. The Bertz CT molecular complexity index is 1200. The molecule has 3 aromatic rings. The van der Waals surface area contributed by atoms with Gasteiger partial charge in [0, 0.05) is 23.4 Å². The topological polar surface area (TPSA) is 44.0 Å². The highest BCUT2D eigenvalue weighted by atomic mass is 16.2. The molecule has 5 rings (SSSR count). The van der Waals surface area contributed by atoms with Gasteiger partial charge in [-0.1, -0.05) is 48.5 Å². The van der Waals surface area contributed by atoms with Crippen molar-refractivity contribution in [2.45, 2.75) is 44.9 Å². The van der Waals surface area contributed by atoms with Gasteiger partial charge in [-0.15, -0.1) is 0 Å². The molecular weight excluding hydrogens is 360 g/mol. The van der Waals surface area contributed by atoms with E-state index in [4.69, 9.17) is 0 Å². The molecule has 1 aromatic heterocycles. The minimum atomic E-state index is -0.220. The zero-order valence-corrected chi connectivity index (χ0v) is 16.4. The lowest BCUT2D eigenvalue weighted by Crippen LogP contribution is -2.44. The molecular formula is C25H24N2O2. The van der Waals surface area contributed by atoms with Gasteiger partial charge in [0.1, 0.15) is 0 Å². The van der Waals surface area contributed by atoms with E-state index >= 15 is 0 Å². The van der Waals surface area contributed by atoms with E-state index in [0.29, 0.717) is 12.1 Å². The molecule has 0 saturated carbocycles. The Hall–Kier alpha value is -3.14. The lowest BCUT2D eigenvalue weighted by Gasteiger charge is -2.30. The second-order valence-electron chi connectivity index (χ2n) is 7.94. The van der Waals surface area contributed by atoms with Gasteiger partial charge < -0.3 is 0 Å². The van der Waals surface area contributed by atoms with E-state index in [1.165, 1.54) is 16.6 Å². The second kappa shape index (κ2) is 7.36. The third-order valence-corrected chi connectivity index (χ3v) is 6.18. The molecule has 146 valence electrons. The number of benzene rings is 2. The fourth-order valence-electron chi connectivity index (χ4n) is 4.78. The van der Waals surface area contributed by atoms with Crippen molar-refractivity contribution in [1.82, 2.24) is 9.13 Å². The van der Waals surface area contributed by atoms with Gasteiger partial charge in [0.05, 0.1) is 5.69 Å². The molecule has 0 atom stereocenters. The second-order valence-corrected chi connectivity index (χ2v) is 7.94. The summed E-state index contributed by atoms with van der Waals surface area (Å²) in [4.78, 5) is 27.1. The average molecular weight is 384 g/mol. The van der Waals surface area contributed by atoms with Crippen molar-refractivity contribution in [2.75, 3.05) is 0 Å². The lowest BCUT2D eigenvalue weighted by molar-refractivity contribution is 0.603. The van der Waals surface area contributed by atoms with Crippen LogP contribution in [0, 0.1) is 0 Å². The average Bonchev–Trinajstić information content (AvgIpc) is 2.77. The largest absolute Gasteiger partial charge is 0.340 e. The third kappa shape index (κ3) is 3.09. The minimum Gasteiger partial charge on any atom is -0.269 e. The molecule has 4 nitrogen and oxygen atoms in total. The fraction of sp³-hybridized carbons (Fsp3) is 0.280. The molecule has 0 N–H and O–H groups in total. The maximum Gasteiger partial charge on any atom is 0.340 e. The van der Waals surface area contributed by atoms with Crippen molar-refractivity contribution in [1.29, 1.82) is 0 Å². The Balaban J connectivity index is 1.80. The molecule has 1 aliphatic heterocycles. The van der Waals surface area contributed by atoms with Crippen molar-refractivity contribution < 1.29 is 0 Å². The van der Waals surface area contributed by atoms with Crippen molar-refractivity contribution in [3.05, 3.63) is 104 Å². The summed E-state index contributed by atoms with van der Waals surface area (Å²) in [6.45, 7) is 0. The number of para-hydroxylation sites is 1. The van der Waals surface area contributed by atoms with Gasteiger partial charge in [-0.2, -0.15) is 0 Å². The van der Waals surface area contributed by atoms with Crippen LogP contribution in [0.25, 0.3) is 11.4 Å². The number of hydrogen-bond donors (Lipinski definition) is 0. The van der Waals surface area contributed by atoms with Gasteiger partial charge in [0.15, 0.2) is 0 Å². The van der Waals surface area contributed by atoms with E-state index in [0.717, 1.165) is 54.6 Å². The fourth-order valence-corrected chi connectivity index (χ4v) is 4.78. The summed E-state index contributed by atoms with van der Waals surface area (Å²) in [5, 5.41) is 0. The Morgan fingerprint density at radius 2 is 1.41 bits per heavy atom. The van der Waals surface area contributed by atoms with Crippen LogP contribution >= 0.6 is 0 Å². The molecule has 2 aromatic carbocycles. The number of hydrogen-bond acceptors (Lipinski definition) is 2. The van der Waals surface area contributed by atoms with Crippen LogP contribution in [-0.4, -0.2) is 9.13 Å². The predicted molar refractivity (Wildman–Crippen MR) is 116 cm³/mol. The van der Waals surface area contributed by atoms with Crippen LogP contribution in [-0.2, 0) is 12.8 Å². The van der Waals surface area contributed by atoms with E-state index in [-0.39, 0.29) is 11.2 Å². The van der Waals surface area contributed by atoms with Crippen LogP contribution in [0.2, 0.25) is 0 Å². The first-order valence-corrected chi connectivity index (χ1v) is 10.4. The van der Waals surface area contributed by atoms with Gasteiger partial charge in [-0.05, 0) is 61.8 Å². The summed E-state index contributed by atoms with van der Waals surface area (Å²) in [7, 11) is 0. The predicted octanol–water partition coefficient (Wildman–Crippen LogP) is 4.32. The van der Waals surface area contributed by atoms with Crippen LogP contribution in [0.3, 0.4) is 0 Å². The molecule has 0 spiro atoms. The normalized spacial score (nSPS) is 15.7. The molecule has 0 saturated heterocycles. The smallest absolute Gasteiger partial charge is 0.269 e. The van der Waals surface area contributed by atoms with Crippen LogP contribution in [0.15, 0.2) is 75.8 Å². The minimum absolute atomic E-state index is 0.184. The Kier molecular flexibility index (Phi) is 4.55.